The summed E-state index contributed by atoms with van der Waals surface area (Å²) in [7, 11) is 2.27. The fourth-order valence-electron chi connectivity index (χ4n) is 1.97. The molecule has 1 heterocycles. The molecule has 1 aromatic heterocycles. The van der Waals surface area contributed by atoms with Crippen LogP contribution in [0.3, 0.4) is 0 Å². The van der Waals surface area contributed by atoms with E-state index in [1.54, 1.807) is 19.1 Å². The minimum atomic E-state index is -1.22. The van der Waals surface area contributed by atoms with Gasteiger partial charge in [0.05, 0.1) is 37.1 Å². The third-order valence-corrected chi connectivity index (χ3v) is 3.19. The number of quaternary nitrogens is 1. The van der Waals surface area contributed by atoms with Crippen molar-refractivity contribution in [3.05, 3.63) is 58.3 Å². The van der Waals surface area contributed by atoms with Crippen molar-refractivity contribution in [3.8, 4) is 11.8 Å². The molecular formula is C17H17FN4O3. The van der Waals surface area contributed by atoms with Crippen LogP contribution in [0.25, 0.3) is 0 Å². The summed E-state index contributed by atoms with van der Waals surface area (Å²) in [6.45, 7) is 1.82. The number of benzene rings is 1. The third-order valence-electron chi connectivity index (χ3n) is 3.19. The van der Waals surface area contributed by atoms with Gasteiger partial charge in [-0.05, 0) is 31.2 Å². The molecule has 0 aliphatic rings. The molecule has 1 aromatic carbocycles. The number of ether oxygens (including phenoxy) is 1. The zero-order chi connectivity index (χ0) is 18.6. The van der Waals surface area contributed by atoms with E-state index in [-0.39, 0.29) is 18.0 Å². The number of urea groups is 1. The lowest BCUT2D eigenvalue weighted by molar-refractivity contribution is -0.751. The number of nitriles is 1. The van der Waals surface area contributed by atoms with Crippen LogP contribution >= 0.6 is 0 Å². The van der Waals surface area contributed by atoms with Gasteiger partial charge in [0.15, 0.2) is 5.82 Å². The highest BCUT2D eigenvalue weighted by Crippen LogP contribution is 2.22. The highest BCUT2D eigenvalue weighted by molar-refractivity contribution is 5.84. The first-order valence-electron chi connectivity index (χ1n) is 7.35. The second-order valence-electron chi connectivity index (χ2n) is 5.81. The molecule has 2 amide bonds. The molecule has 0 bridgehead atoms. The maximum absolute atomic E-state index is 14.0. The van der Waals surface area contributed by atoms with E-state index >= 15 is 0 Å². The number of hydrogen-bond acceptors (Lipinski definition) is 5. The number of anilines is 1. The average Bonchev–Trinajstić information content (AvgIpc) is 2.53. The molecule has 0 unspecified atom stereocenters. The van der Waals surface area contributed by atoms with Gasteiger partial charge in [-0.15, -0.1) is 0 Å². The zero-order valence-corrected chi connectivity index (χ0v) is 14.0. The average molecular weight is 344 g/mol. The maximum Gasteiger partial charge on any atom is 0.420 e. The molecule has 0 spiro atoms. The van der Waals surface area contributed by atoms with E-state index in [0.717, 1.165) is 20.2 Å². The van der Waals surface area contributed by atoms with Crippen LogP contribution in [-0.4, -0.2) is 29.8 Å². The van der Waals surface area contributed by atoms with Crippen LogP contribution < -0.4 is 10.1 Å². The third kappa shape index (κ3) is 4.97. The minimum absolute atomic E-state index is 0.0615. The van der Waals surface area contributed by atoms with Crippen molar-refractivity contribution < 1.29 is 18.6 Å². The quantitative estimate of drug-likeness (QED) is 0.679. The van der Waals surface area contributed by atoms with Gasteiger partial charge >= 0.3 is 6.03 Å². The van der Waals surface area contributed by atoms with Gasteiger partial charge in [-0.1, -0.05) is 0 Å². The highest BCUT2D eigenvalue weighted by atomic mass is 19.1. The molecule has 0 saturated heterocycles. The fourth-order valence-corrected chi connectivity index (χ4v) is 1.97. The molecule has 2 aromatic rings. The Labute approximate surface area is 144 Å². The molecule has 7 nitrogen and oxygen atoms in total. The molecule has 25 heavy (non-hydrogen) atoms. The smallest absolute Gasteiger partial charge is 0.420 e. The number of rotatable bonds is 4. The van der Waals surface area contributed by atoms with Gasteiger partial charge in [-0.2, -0.15) is 5.26 Å². The number of aryl methyl sites for hydroxylation is 1. The first-order chi connectivity index (χ1) is 11.7. The van der Waals surface area contributed by atoms with Crippen LogP contribution in [0.2, 0.25) is 0 Å². The number of pyridine rings is 1. The standard InChI is InChI=1S/C17H17FN4O3/c1-11-6-12(9-19)7-13(20-11)10-25-14-4-5-16(15(18)8-14)21-17(23)22(2,3)24/h4-8H,10H2,1-3H3,(H,21,23). The number of nitrogens with zero attached hydrogens (tertiary/aromatic N) is 3. The van der Waals surface area contributed by atoms with E-state index in [9.17, 15) is 14.4 Å². The summed E-state index contributed by atoms with van der Waals surface area (Å²) >= 11 is 0. The molecule has 130 valence electrons. The van der Waals surface area contributed by atoms with Gasteiger partial charge in [-0.3, -0.25) is 14.9 Å². The Morgan fingerprint density at radius 2 is 2.12 bits per heavy atom. The molecule has 0 atom stereocenters. The first kappa shape index (κ1) is 18.3. The Morgan fingerprint density at radius 1 is 1.40 bits per heavy atom. The number of aromatic nitrogens is 1. The van der Waals surface area contributed by atoms with E-state index < -0.39 is 16.5 Å². The maximum atomic E-state index is 14.0. The number of hydroxylamine groups is 3. The molecule has 0 radical (unpaired) electrons. The lowest BCUT2D eigenvalue weighted by atomic mass is 10.2. The van der Waals surface area contributed by atoms with Crippen molar-refractivity contribution in [2.75, 3.05) is 19.4 Å². The second kappa shape index (κ2) is 7.25. The Balaban J connectivity index is 2.07. The molecule has 1 N–H and O–H groups in total. The number of hydrogen-bond donors (Lipinski definition) is 1. The highest BCUT2D eigenvalue weighted by Gasteiger charge is 2.18. The van der Waals surface area contributed by atoms with Crippen molar-refractivity contribution in [3.63, 3.8) is 0 Å². The molecule has 0 aliphatic heterocycles. The van der Waals surface area contributed by atoms with Crippen molar-refractivity contribution in [1.29, 1.82) is 5.26 Å². The van der Waals surface area contributed by atoms with Gasteiger partial charge in [-0.25, -0.2) is 9.18 Å². The first-order valence-corrected chi connectivity index (χ1v) is 7.35. The van der Waals surface area contributed by atoms with Gasteiger partial charge in [0.2, 0.25) is 0 Å². The topological polar surface area (TPSA) is 98.1 Å². The molecule has 0 fully saturated rings. The van der Waals surface area contributed by atoms with Gasteiger partial charge in [0, 0.05) is 11.8 Å². The summed E-state index contributed by atoms with van der Waals surface area (Å²) < 4.78 is 18.3. The van der Waals surface area contributed by atoms with E-state index in [1.807, 2.05) is 6.07 Å². The Bertz CT molecular complexity index is 841. The Morgan fingerprint density at radius 3 is 2.72 bits per heavy atom. The van der Waals surface area contributed by atoms with Gasteiger partial charge in [0.25, 0.3) is 0 Å². The normalized spacial score (nSPS) is 10.9. The predicted octanol–water partition coefficient (Wildman–Crippen LogP) is 3.09. The summed E-state index contributed by atoms with van der Waals surface area (Å²) in [6, 6.07) is 8.25. The summed E-state index contributed by atoms with van der Waals surface area (Å²) in [5, 5.41) is 22.6. The SMILES string of the molecule is Cc1cc(C#N)cc(COc2ccc(NC(=O)[N+](C)(C)[O-])c(F)c2)n1. The van der Waals surface area contributed by atoms with Crippen LogP contribution in [0.4, 0.5) is 14.9 Å². The van der Waals surface area contributed by atoms with Crippen molar-refractivity contribution >= 4 is 11.7 Å². The van der Waals surface area contributed by atoms with Crippen molar-refractivity contribution in [2.45, 2.75) is 13.5 Å². The Hall–Kier alpha value is -3.02. The molecule has 0 saturated carbocycles. The van der Waals surface area contributed by atoms with Crippen molar-refractivity contribution in [1.82, 2.24) is 4.98 Å². The second-order valence-corrected chi connectivity index (χ2v) is 5.81. The zero-order valence-electron chi connectivity index (χ0n) is 14.0. The summed E-state index contributed by atoms with van der Waals surface area (Å²) in [5.41, 5.74) is 1.58. The molecular weight excluding hydrogens is 327 g/mol. The molecule has 0 aliphatic carbocycles. The largest absolute Gasteiger partial charge is 0.624 e. The van der Waals surface area contributed by atoms with Gasteiger partial charge < -0.3 is 9.94 Å². The predicted molar refractivity (Wildman–Crippen MR) is 88.9 cm³/mol. The lowest BCUT2D eigenvalue weighted by Crippen LogP contribution is -2.42. The van der Waals surface area contributed by atoms with Crippen molar-refractivity contribution in [2.24, 2.45) is 0 Å². The van der Waals surface area contributed by atoms with E-state index in [2.05, 4.69) is 10.3 Å². The van der Waals surface area contributed by atoms with E-state index in [4.69, 9.17) is 10.00 Å². The van der Waals surface area contributed by atoms with Crippen LogP contribution in [0.5, 0.6) is 5.75 Å². The number of carbonyl (C=O) groups is 1. The number of nitrogens with one attached hydrogen (secondary N) is 1. The fraction of sp³-hybridized carbons (Fsp3) is 0.235. The number of halogens is 1. The van der Waals surface area contributed by atoms with Crippen LogP contribution in [-0.2, 0) is 6.61 Å². The van der Waals surface area contributed by atoms with Gasteiger partial charge in [0.1, 0.15) is 12.4 Å². The summed E-state index contributed by atoms with van der Waals surface area (Å²) in [5.74, 6) is -0.498. The van der Waals surface area contributed by atoms with Crippen LogP contribution in [0.1, 0.15) is 17.0 Å². The summed E-state index contributed by atoms with van der Waals surface area (Å²) in [6.07, 6.45) is 0. The van der Waals surface area contributed by atoms with Crippen LogP contribution in [0.15, 0.2) is 30.3 Å². The molecule has 2 rings (SSSR count). The monoisotopic (exact) mass is 344 g/mol. The lowest BCUT2D eigenvalue weighted by Gasteiger charge is -2.29. The minimum Gasteiger partial charge on any atom is -0.624 e. The van der Waals surface area contributed by atoms with Crippen LogP contribution in [0, 0.1) is 29.3 Å². The Kier molecular flexibility index (Phi) is 5.32. The number of amides is 2. The van der Waals surface area contributed by atoms with E-state index in [1.165, 1.54) is 12.1 Å². The van der Waals surface area contributed by atoms with E-state index in [0.29, 0.717) is 17.0 Å². The molecule has 8 heteroatoms. The summed E-state index contributed by atoms with van der Waals surface area (Å²) in [4.78, 5) is 15.8. The number of carbonyl (C=O) groups excluding carboxylic acids is 1.